The number of rotatable bonds is 4. The molecule has 5 aromatic rings. The monoisotopic (exact) mass is 557 g/mol. The van der Waals surface area contributed by atoms with Crippen molar-refractivity contribution in [1.29, 1.82) is 0 Å². The number of nitrogens with one attached hydrogen (secondary N) is 1. The van der Waals surface area contributed by atoms with E-state index >= 15 is 0 Å². The Hall–Kier alpha value is -5.38. The lowest BCUT2D eigenvalue weighted by atomic mass is 9.79. The van der Waals surface area contributed by atoms with Crippen LogP contribution in [0.4, 0.5) is 0 Å². The maximum atomic E-state index is 12.4. The molecular formula is C32H27N7O3. The molecule has 7 rings (SSSR count). The Kier molecular flexibility index (Phi) is 7.18. The van der Waals surface area contributed by atoms with E-state index in [1.54, 1.807) is 18.6 Å². The summed E-state index contributed by atoms with van der Waals surface area (Å²) in [6.45, 7) is 4.92. The van der Waals surface area contributed by atoms with Gasteiger partial charge in [0.15, 0.2) is 11.4 Å². The summed E-state index contributed by atoms with van der Waals surface area (Å²) < 4.78 is 1.88. The fraction of sp³-hybridized carbons (Fsp3) is 0.188. The van der Waals surface area contributed by atoms with Crippen LogP contribution in [-0.4, -0.2) is 53.5 Å². The maximum Gasteiger partial charge on any atom is 0.271 e. The summed E-state index contributed by atoms with van der Waals surface area (Å²) in [7, 11) is 0. The Morgan fingerprint density at radius 3 is 2.55 bits per heavy atom. The minimum absolute atomic E-state index is 0.0436. The lowest BCUT2D eigenvalue weighted by Crippen LogP contribution is -2.40. The lowest BCUT2D eigenvalue weighted by Gasteiger charge is -2.23. The Balaban J connectivity index is 0.000000151. The first kappa shape index (κ1) is 26.8. The Labute approximate surface area is 240 Å². The fourth-order valence-electron chi connectivity index (χ4n) is 5.41. The smallest absolute Gasteiger partial charge is 0.271 e. The van der Waals surface area contributed by atoms with Crippen LogP contribution >= 0.6 is 0 Å². The topological polar surface area (TPSA) is 133 Å². The van der Waals surface area contributed by atoms with Crippen molar-refractivity contribution >= 4 is 40.8 Å². The van der Waals surface area contributed by atoms with Crippen LogP contribution in [0.15, 0.2) is 73.8 Å². The summed E-state index contributed by atoms with van der Waals surface area (Å²) in [6.07, 6.45) is 13.0. The first-order valence-corrected chi connectivity index (χ1v) is 13.6. The number of Topliss-reactive ketones (excluding diaryl/α,β-unsaturated/α-hetero) is 2. The number of carbonyl (C=O) groups excluding carboxylic acids is 3. The summed E-state index contributed by atoms with van der Waals surface area (Å²) in [5.41, 5.74) is 5.62. The fourth-order valence-corrected chi connectivity index (χ4v) is 5.41. The van der Waals surface area contributed by atoms with Crippen molar-refractivity contribution in [2.45, 2.75) is 26.3 Å². The van der Waals surface area contributed by atoms with Crippen molar-refractivity contribution in [3.63, 3.8) is 0 Å². The number of carbonyl (C=O) groups is 3. The van der Waals surface area contributed by atoms with Crippen molar-refractivity contribution in [3.05, 3.63) is 101 Å². The third-order valence-corrected chi connectivity index (χ3v) is 7.57. The zero-order valence-corrected chi connectivity index (χ0v) is 23.1. The predicted octanol–water partition coefficient (Wildman–Crippen LogP) is 2.48. The van der Waals surface area contributed by atoms with Gasteiger partial charge in [-0.05, 0) is 33.2 Å². The highest BCUT2D eigenvalue weighted by molar-refractivity contribution is 6.22. The number of hydrogen-bond donors (Lipinski definition) is 1. The van der Waals surface area contributed by atoms with E-state index in [4.69, 9.17) is 0 Å². The molecule has 2 aromatic carbocycles. The molecule has 3 aromatic heterocycles. The van der Waals surface area contributed by atoms with Crippen molar-refractivity contribution in [1.82, 2.24) is 34.8 Å². The Morgan fingerprint density at radius 2 is 1.74 bits per heavy atom. The van der Waals surface area contributed by atoms with Gasteiger partial charge in [-0.25, -0.2) is 19.9 Å². The van der Waals surface area contributed by atoms with Crippen LogP contribution in [0.5, 0.6) is 0 Å². The number of amides is 1. The number of fused-ring (bicyclic) bond motifs is 6. The van der Waals surface area contributed by atoms with E-state index in [1.807, 2.05) is 60.9 Å². The minimum atomic E-state index is -0.251. The summed E-state index contributed by atoms with van der Waals surface area (Å²) in [5, 5.41) is 4.79. The number of aromatic nitrogens is 6. The van der Waals surface area contributed by atoms with Gasteiger partial charge in [-0.2, -0.15) is 0 Å². The van der Waals surface area contributed by atoms with Gasteiger partial charge >= 0.3 is 0 Å². The van der Waals surface area contributed by atoms with E-state index in [9.17, 15) is 14.4 Å². The summed E-state index contributed by atoms with van der Waals surface area (Å²) in [6, 6.07) is 11.8. The van der Waals surface area contributed by atoms with E-state index in [0.29, 0.717) is 24.4 Å². The molecule has 0 aliphatic heterocycles. The number of benzene rings is 2. The van der Waals surface area contributed by atoms with Crippen LogP contribution in [-0.2, 0) is 11.3 Å². The normalized spacial score (nSPS) is 16.6. The van der Waals surface area contributed by atoms with Crippen LogP contribution in [0, 0.1) is 5.92 Å². The van der Waals surface area contributed by atoms with Gasteiger partial charge in [-0.15, -0.1) is 0 Å². The van der Waals surface area contributed by atoms with E-state index in [2.05, 4.69) is 30.2 Å². The minimum Gasteiger partial charge on any atom is -0.349 e. The van der Waals surface area contributed by atoms with E-state index in [0.717, 1.165) is 38.2 Å². The first-order chi connectivity index (χ1) is 20.4. The predicted molar refractivity (Wildman–Crippen MR) is 157 cm³/mol. The highest BCUT2D eigenvalue weighted by Gasteiger charge is 2.27. The molecule has 42 heavy (non-hydrogen) atoms. The van der Waals surface area contributed by atoms with Gasteiger partial charge in [0.25, 0.3) is 5.91 Å². The second kappa shape index (κ2) is 11.2. The van der Waals surface area contributed by atoms with Gasteiger partial charge in [-0.3, -0.25) is 19.4 Å². The molecule has 0 radical (unpaired) electrons. The first-order valence-electron chi connectivity index (χ1n) is 13.6. The molecule has 2 atom stereocenters. The van der Waals surface area contributed by atoms with Crippen LogP contribution in [0.25, 0.3) is 34.4 Å². The lowest BCUT2D eigenvalue weighted by molar-refractivity contribution is -0.122. The average Bonchev–Trinajstić information content (AvgIpc) is 3.44. The molecule has 0 saturated carbocycles. The standard InChI is InChI=1S/C20H16O2.C12H11N7O/c1-11-9-17-13(12(2)20(11)22)7-8-15-14-5-3-4-6-16(14)19(21)10-18(15)17;20-12(9-5-13-1-2-15-9)16-3-4-19-8-18-11-10(19)6-14-7-17-11/h3-12H,1-2H3;1-2,5-8H,3-4H2,(H,16,20). The molecule has 10 heteroatoms. The van der Waals surface area contributed by atoms with Gasteiger partial charge in [0.05, 0.1) is 18.7 Å². The van der Waals surface area contributed by atoms with Gasteiger partial charge in [0, 0.05) is 42.9 Å². The maximum absolute atomic E-state index is 12.4. The Bertz CT molecular complexity index is 1970. The number of hydrogen-bond acceptors (Lipinski definition) is 8. The third-order valence-electron chi connectivity index (χ3n) is 7.57. The van der Waals surface area contributed by atoms with Gasteiger partial charge < -0.3 is 9.88 Å². The summed E-state index contributed by atoms with van der Waals surface area (Å²) in [4.78, 5) is 56.3. The second-order valence-corrected chi connectivity index (χ2v) is 10.2. The third kappa shape index (κ3) is 4.98. The van der Waals surface area contributed by atoms with Gasteiger partial charge in [0.2, 0.25) is 0 Å². The zero-order chi connectivity index (χ0) is 29.2. The van der Waals surface area contributed by atoms with Crippen molar-refractivity contribution in [3.8, 4) is 11.1 Å². The molecule has 2 unspecified atom stereocenters. The Morgan fingerprint density at radius 1 is 0.905 bits per heavy atom. The van der Waals surface area contributed by atoms with Crippen LogP contribution in [0.1, 0.15) is 46.2 Å². The molecule has 0 bridgehead atoms. The van der Waals surface area contributed by atoms with E-state index in [1.165, 1.54) is 24.9 Å². The highest BCUT2D eigenvalue weighted by atomic mass is 16.2. The van der Waals surface area contributed by atoms with Crippen molar-refractivity contribution in [2.75, 3.05) is 6.54 Å². The molecular weight excluding hydrogens is 530 g/mol. The largest absolute Gasteiger partial charge is 0.349 e. The number of ketones is 2. The summed E-state index contributed by atoms with van der Waals surface area (Å²) >= 11 is 0. The van der Waals surface area contributed by atoms with Gasteiger partial charge in [-0.1, -0.05) is 56.3 Å². The molecule has 2 aliphatic rings. The molecule has 0 saturated heterocycles. The SMILES string of the molecule is CC1C=c2c(ccc3c2=CC(=O)c2ccccc2-3)C(C)C1=O.O=C(NCCn1cnc2ncncc21)c1cnccn1. The molecule has 3 heterocycles. The molecule has 2 aliphatic carbocycles. The molecule has 0 spiro atoms. The molecule has 1 amide bonds. The van der Waals surface area contributed by atoms with E-state index < -0.39 is 0 Å². The number of nitrogens with zero attached hydrogens (tertiary/aromatic N) is 6. The molecule has 10 nitrogen and oxygen atoms in total. The van der Waals surface area contributed by atoms with E-state index in [-0.39, 0.29) is 29.3 Å². The van der Waals surface area contributed by atoms with Crippen molar-refractivity contribution < 1.29 is 14.4 Å². The molecule has 0 fully saturated rings. The highest BCUT2D eigenvalue weighted by Crippen LogP contribution is 2.27. The molecule has 1 N–H and O–H groups in total. The van der Waals surface area contributed by atoms with Crippen LogP contribution < -0.4 is 15.8 Å². The molecule has 208 valence electrons. The second-order valence-electron chi connectivity index (χ2n) is 10.2. The number of imidazole rings is 1. The van der Waals surface area contributed by atoms with Crippen LogP contribution in [0.3, 0.4) is 0 Å². The van der Waals surface area contributed by atoms with Crippen molar-refractivity contribution in [2.24, 2.45) is 5.92 Å². The quantitative estimate of drug-likeness (QED) is 0.356. The average molecular weight is 558 g/mol. The van der Waals surface area contributed by atoms with Crippen LogP contribution in [0.2, 0.25) is 0 Å². The zero-order valence-electron chi connectivity index (χ0n) is 23.1. The summed E-state index contributed by atoms with van der Waals surface area (Å²) in [5.74, 6) is -0.175. The van der Waals surface area contributed by atoms with Gasteiger partial charge in [0.1, 0.15) is 23.3 Å².